The van der Waals surface area contributed by atoms with Gasteiger partial charge in [-0.2, -0.15) is 0 Å². The van der Waals surface area contributed by atoms with Gasteiger partial charge < -0.3 is 10.6 Å². The molecule has 1 amide bonds. The number of anilines is 1. The molecular weight excluding hydrogens is 491 g/mol. The quantitative estimate of drug-likeness (QED) is 0.360. The van der Waals surface area contributed by atoms with Gasteiger partial charge in [-0.05, 0) is 73.9 Å². The molecule has 2 aliphatic rings. The van der Waals surface area contributed by atoms with E-state index in [4.69, 9.17) is 0 Å². The van der Waals surface area contributed by atoms with Gasteiger partial charge in [0.05, 0.1) is 4.21 Å². The van der Waals surface area contributed by atoms with Gasteiger partial charge in [-0.3, -0.25) is 9.59 Å². The number of Topliss-reactive ketones (excluding diaryl/α,β-unsaturated/α-hetero) is 1. The second-order valence-electron chi connectivity index (χ2n) is 9.19. The molecule has 3 aromatic rings. The first-order valence-corrected chi connectivity index (χ1v) is 13.9. The second-order valence-corrected chi connectivity index (χ2v) is 11.5. The van der Waals surface area contributed by atoms with Crippen molar-refractivity contribution in [3.63, 3.8) is 0 Å². The van der Waals surface area contributed by atoms with E-state index >= 15 is 0 Å². The lowest BCUT2D eigenvalue weighted by Crippen LogP contribution is -2.37. The highest BCUT2D eigenvalue weighted by atomic mass is 32.2. The zero-order chi connectivity index (χ0) is 25.4. The maximum atomic E-state index is 13.8. The van der Waals surface area contributed by atoms with Crippen molar-refractivity contribution in [3.8, 4) is 0 Å². The van der Waals surface area contributed by atoms with E-state index in [-0.39, 0.29) is 23.4 Å². The molecule has 0 bridgehead atoms. The third-order valence-corrected chi connectivity index (χ3v) is 9.01. The van der Waals surface area contributed by atoms with Crippen LogP contribution >= 0.6 is 23.1 Å². The number of amides is 1. The molecule has 0 fully saturated rings. The molecule has 2 N–H and O–H groups in total. The summed E-state index contributed by atoms with van der Waals surface area (Å²) >= 11 is 3.32. The minimum Gasteiger partial charge on any atom is -0.362 e. The summed E-state index contributed by atoms with van der Waals surface area (Å²) in [5, 5.41) is 6.35. The van der Waals surface area contributed by atoms with E-state index in [0.29, 0.717) is 29.7 Å². The topological polar surface area (TPSA) is 58.2 Å². The molecule has 1 aliphatic heterocycles. The Kier molecular flexibility index (Phi) is 6.86. The van der Waals surface area contributed by atoms with E-state index in [0.717, 1.165) is 31.6 Å². The van der Waals surface area contributed by atoms with Crippen molar-refractivity contribution in [2.24, 2.45) is 0 Å². The minimum absolute atomic E-state index is 0.0677. The Labute approximate surface area is 218 Å². The molecule has 2 heterocycles. The van der Waals surface area contributed by atoms with Gasteiger partial charge in [0.25, 0.3) is 5.91 Å². The van der Waals surface area contributed by atoms with E-state index < -0.39 is 5.92 Å². The highest BCUT2D eigenvalue weighted by Gasteiger charge is 2.42. The van der Waals surface area contributed by atoms with Crippen LogP contribution in [0.25, 0.3) is 0 Å². The average molecular weight is 519 g/mol. The number of ketones is 1. The molecule has 0 saturated heterocycles. The van der Waals surface area contributed by atoms with Crippen LogP contribution in [-0.4, -0.2) is 17.9 Å². The number of carbonyl (C=O) groups is 2. The van der Waals surface area contributed by atoms with Crippen LogP contribution in [0.3, 0.4) is 0 Å². The Hall–Kier alpha value is -3.16. The summed E-state index contributed by atoms with van der Waals surface area (Å²) in [7, 11) is 0. The standard InChI is InChI=1S/C29H27FN2O2S2/c1-16-13-22(29(35-3)36-16)26-25(28(34)32-21-11-9-20(30)10-12-21)17(2)31-23-14-19(15-24(33)27(23)26)18-7-5-4-6-8-18/h4-13,19,26,31H,14-15H2,1-3H3,(H,32,34)/t19-,26+/m0/s1. The largest absolute Gasteiger partial charge is 0.362 e. The lowest BCUT2D eigenvalue weighted by molar-refractivity contribution is -0.116. The second kappa shape index (κ2) is 10.1. The van der Waals surface area contributed by atoms with Gasteiger partial charge in [0.2, 0.25) is 0 Å². The van der Waals surface area contributed by atoms with Crippen molar-refractivity contribution in [2.75, 3.05) is 11.6 Å². The number of rotatable bonds is 5. The monoisotopic (exact) mass is 518 g/mol. The molecular formula is C29H27FN2O2S2. The first-order chi connectivity index (χ1) is 17.4. The van der Waals surface area contributed by atoms with Crippen molar-refractivity contribution >= 4 is 40.5 Å². The van der Waals surface area contributed by atoms with Crippen LogP contribution in [0.1, 0.15) is 47.6 Å². The number of thiophene rings is 1. The fraction of sp³-hybridized carbons (Fsp3) is 0.241. The summed E-state index contributed by atoms with van der Waals surface area (Å²) in [4.78, 5) is 28.6. The summed E-state index contributed by atoms with van der Waals surface area (Å²) < 4.78 is 14.5. The molecule has 4 nitrogen and oxygen atoms in total. The van der Waals surface area contributed by atoms with Crippen LogP contribution in [0.4, 0.5) is 10.1 Å². The van der Waals surface area contributed by atoms with Crippen molar-refractivity contribution in [1.29, 1.82) is 0 Å². The summed E-state index contributed by atoms with van der Waals surface area (Å²) in [5.41, 5.74) is 5.49. The van der Waals surface area contributed by atoms with E-state index in [1.54, 1.807) is 23.1 Å². The van der Waals surface area contributed by atoms with Gasteiger partial charge in [-0.15, -0.1) is 23.1 Å². The summed E-state index contributed by atoms with van der Waals surface area (Å²) in [6.07, 6.45) is 3.14. The Balaban J connectivity index is 1.58. The van der Waals surface area contributed by atoms with Gasteiger partial charge in [-0.25, -0.2) is 4.39 Å². The van der Waals surface area contributed by atoms with Crippen LogP contribution in [0.15, 0.2) is 87.4 Å². The summed E-state index contributed by atoms with van der Waals surface area (Å²) in [6.45, 7) is 3.94. The number of benzene rings is 2. The maximum absolute atomic E-state index is 13.8. The fourth-order valence-corrected chi connectivity index (χ4v) is 7.13. The van der Waals surface area contributed by atoms with Gasteiger partial charge in [0, 0.05) is 45.4 Å². The molecule has 7 heteroatoms. The molecule has 0 unspecified atom stereocenters. The Bertz CT molecular complexity index is 1390. The van der Waals surface area contributed by atoms with Crippen LogP contribution < -0.4 is 10.6 Å². The van der Waals surface area contributed by atoms with E-state index in [2.05, 4.69) is 28.8 Å². The predicted molar refractivity (Wildman–Crippen MR) is 145 cm³/mol. The number of thioether (sulfide) groups is 1. The molecule has 1 aliphatic carbocycles. The molecule has 2 aromatic carbocycles. The molecule has 0 radical (unpaired) electrons. The number of halogens is 1. The zero-order valence-corrected chi connectivity index (χ0v) is 22.0. The van der Waals surface area contributed by atoms with Crippen LogP contribution in [0, 0.1) is 12.7 Å². The number of hydrogen-bond acceptors (Lipinski definition) is 5. The van der Waals surface area contributed by atoms with E-state index in [1.165, 1.54) is 24.3 Å². The lowest BCUT2D eigenvalue weighted by atomic mass is 9.72. The average Bonchev–Trinajstić information content (AvgIpc) is 3.25. The number of nitrogens with one attached hydrogen (secondary N) is 2. The van der Waals surface area contributed by atoms with Crippen LogP contribution in [-0.2, 0) is 9.59 Å². The molecule has 2 atom stereocenters. The Morgan fingerprint density at radius 3 is 2.50 bits per heavy atom. The first kappa shape index (κ1) is 24.5. The normalized spacial score (nSPS) is 19.7. The van der Waals surface area contributed by atoms with Crippen molar-refractivity contribution < 1.29 is 14.0 Å². The SMILES string of the molecule is CSc1sc(C)cc1[C@@H]1C(C(=O)Nc2ccc(F)cc2)=C(C)NC2=C1C(=O)C[C@@H](c1ccccc1)C2. The maximum Gasteiger partial charge on any atom is 0.254 e. The van der Waals surface area contributed by atoms with Crippen molar-refractivity contribution in [1.82, 2.24) is 5.32 Å². The minimum atomic E-state index is -0.460. The first-order valence-electron chi connectivity index (χ1n) is 11.9. The smallest absolute Gasteiger partial charge is 0.254 e. The van der Waals surface area contributed by atoms with E-state index in [1.807, 2.05) is 38.3 Å². The molecule has 1 aromatic heterocycles. The number of hydrogen-bond donors (Lipinski definition) is 2. The summed E-state index contributed by atoms with van der Waals surface area (Å²) in [6, 6.07) is 17.9. The Morgan fingerprint density at radius 1 is 1.08 bits per heavy atom. The molecule has 0 saturated carbocycles. The van der Waals surface area contributed by atoms with Crippen molar-refractivity contribution in [2.45, 2.75) is 42.7 Å². The van der Waals surface area contributed by atoms with E-state index in [9.17, 15) is 14.0 Å². The predicted octanol–water partition coefficient (Wildman–Crippen LogP) is 6.92. The van der Waals surface area contributed by atoms with Crippen LogP contribution in [0.5, 0.6) is 0 Å². The highest BCUT2D eigenvalue weighted by Crippen LogP contribution is 2.49. The highest BCUT2D eigenvalue weighted by molar-refractivity contribution is 8.00. The van der Waals surface area contributed by atoms with Gasteiger partial charge in [0.1, 0.15) is 5.82 Å². The van der Waals surface area contributed by atoms with Gasteiger partial charge >= 0.3 is 0 Å². The van der Waals surface area contributed by atoms with Crippen LogP contribution in [0.2, 0.25) is 0 Å². The van der Waals surface area contributed by atoms with Gasteiger partial charge in [-0.1, -0.05) is 30.3 Å². The molecule has 184 valence electrons. The lowest BCUT2D eigenvalue weighted by Gasteiger charge is -2.37. The number of allylic oxidation sites excluding steroid dienone is 3. The number of carbonyl (C=O) groups excluding carboxylic acids is 2. The molecule has 5 rings (SSSR count). The Morgan fingerprint density at radius 2 is 1.81 bits per heavy atom. The number of dihydropyridines is 1. The fourth-order valence-electron chi connectivity index (χ4n) is 5.22. The van der Waals surface area contributed by atoms with Gasteiger partial charge in [0.15, 0.2) is 5.78 Å². The molecule has 0 spiro atoms. The third-order valence-electron chi connectivity index (χ3n) is 6.79. The van der Waals surface area contributed by atoms with Crippen molar-refractivity contribution in [3.05, 3.63) is 105 Å². The molecule has 36 heavy (non-hydrogen) atoms. The third kappa shape index (κ3) is 4.65. The number of aryl methyl sites for hydroxylation is 1. The zero-order valence-electron chi connectivity index (χ0n) is 20.4. The summed E-state index contributed by atoms with van der Waals surface area (Å²) in [5.74, 6) is -0.958.